The zero-order chi connectivity index (χ0) is 22.2. The predicted molar refractivity (Wildman–Crippen MR) is 129 cm³/mol. The van der Waals surface area contributed by atoms with Crippen LogP contribution >= 0.6 is 23.1 Å². The Morgan fingerprint density at radius 3 is 2.53 bits per heavy atom. The fourth-order valence-electron chi connectivity index (χ4n) is 3.55. The number of aromatic nitrogens is 5. The monoisotopic (exact) mass is 461 g/mol. The number of benzene rings is 2. The molecule has 32 heavy (non-hydrogen) atoms. The predicted octanol–water partition coefficient (Wildman–Crippen LogP) is 3.98. The van der Waals surface area contributed by atoms with Crippen molar-refractivity contribution < 1.29 is 0 Å². The molecule has 0 N–H and O–H groups in total. The molecule has 0 unspecified atom stereocenters. The van der Waals surface area contributed by atoms with Gasteiger partial charge < -0.3 is 0 Å². The molecule has 9 heteroatoms. The van der Waals surface area contributed by atoms with E-state index in [-0.39, 0.29) is 17.0 Å². The molecule has 5 rings (SSSR count). The van der Waals surface area contributed by atoms with Gasteiger partial charge in [0.15, 0.2) is 5.16 Å². The van der Waals surface area contributed by atoms with Gasteiger partial charge in [-0.05, 0) is 37.1 Å². The highest BCUT2D eigenvalue weighted by atomic mass is 32.2. The molecule has 0 fully saturated rings. The van der Waals surface area contributed by atoms with Crippen molar-refractivity contribution in [1.82, 2.24) is 24.5 Å². The summed E-state index contributed by atoms with van der Waals surface area (Å²) in [5.74, 6) is 0.201. The first-order valence-electron chi connectivity index (χ1n) is 10.0. The molecule has 160 valence electrons. The van der Waals surface area contributed by atoms with Crippen LogP contribution in [0, 0.1) is 13.8 Å². The van der Waals surface area contributed by atoms with Crippen molar-refractivity contribution in [3.05, 3.63) is 91.3 Å². The van der Waals surface area contributed by atoms with Gasteiger partial charge in [0.1, 0.15) is 10.3 Å². The van der Waals surface area contributed by atoms with Gasteiger partial charge in [-0.3, -0.25) is 14.2 Å². The minimum atomic E-state index is -0.219. The Hall–Kier alpha value is -3.30. The molecule has 0 atom stereocenters. The maximum absolute atomic E-state index is 13.5. The van der Waals surface area contributed by atoms with Gasteiger partial charge >= 0.3 is 0 Å². The van der Waals surface area contributed by atoms with Gasteiger partial charge in [-0.25, -0.2) is 4.98 Å². The summed E-state index contributed by atoms with van der Waals surface area (Å²) < 4.78 is 2.99. The Bertz CT molecular complexity index is 1570. The highest BCUT2D eigenvalue weighted by Gasteiger charge is 2.18. The van der Waals surface area contributed by atoms with Gasteiger partial charge in [0.05, 0.1) is 23.2 Å². The summed E-state index contributed by atoms with van der Waals surface area (Å²) in [6, 6.07) is 16.9. The second-order valence-corrected chi connectivity index (χ2v) is 9.53. The maximum atomic E-state index is 13.5. The topological polar surface area (TPSA) is 82.7 Å². The van der Waals surface area contributed by atoms with Gasteiger partial charge in [0.25, 0.3) is 11.1 Å². The van der Waals surface area contributed by atoms with E-state index in [9.17, 15) is 9.59 Å². The molecule has 0 aliphatic heterocycles. The van der Waals surface area contributed by atoms with E-state index in [1.165, 1.54) is 27.8 Å². The standard InChI is InChI=1S/C23H19N5O2S2/c1-14-15(2)32-20-19(14)22(30)27(12-16-8-4-3-5-9-16)23(24-20)31-13-28-21(29)17-10-6-7-11-18(17)25-26-28/h3-11H,12-13H2,1-2H3. The second-order valence-electron chi connectivity index (χ2n) is 7.42. The quantitative estimate of drug-likeness (QED) is 0.291. The van der Waals surface area contributed by atoms with Crippen LogP contribution in [0.2, 0.25) is 0 Å². The summed E-state index contributed by atoms with van der Waals surface area (Å²) in [7, 11) is 0. The van der Waals surface area contributed by atoms with Crippen molar-refractivity contribution in [1.29, 1.82) is 0 Å². The number of fused-ring (bicyclic) bond motifs is 2. The van der Waals surface area contributed by atoms with Crippen LogP contribution in [-0.2, 0) is 12.4 Å². The van der Waals surface area contributed by atoms with Gasteiger partial charge in [-0.2, -0.15) is 4.68 Å². The van der Waals surface area contributed by atoms with E-state index in [2.05, 4.69) is 10.3 Å². The summed E-state index contributed by atoms with van der Waals surface area (Å²) in [4.78, 5) is 32.9. The lowest BCUT2D eigenvalue weighted by atomic mass is 10.2. The molecule has 0 aliphatic rings. The van der Waals surface area contributed by atoms with Crippen LogP contribution in [0.3, 0.4) is 0 Å². The maximum Gasteiger partial charge on any atom is 0.278 e. The van der Waals surface area contributed by atoms with Gasteiger partial charge in [0, 0.05) is 4.88 Å². The Balaban J connectivity index is 1.58. The molecule has 0 saturated carbocycles. The molecule has 7 nitrogen and oxygen atoms in total. The molecule has 0 aliphatic carbocycles. The smallest absolute Gasteiger partial charge is 0.278 e. The molecule has 0 bridgehead atoms. The average molecular weight is 462 g/mol. The van der Waals surface area contributed by atoms with Crippen LogP contribution in [0.1, 0.15) is 16.0 Å². The van der Waals surface area contributed by atoms with Crippen molar-refractivity contribution >= 4 is 44.2 Å². The molecular formula is C23H19N5O2S2. The first-order chi connectivity index (χ1) is 15.5. The van der Waals surface area contributed by atoms with Crippen LogP contribution in [-0.4, -0.2) is 24.5 Å². The van der Waals surface area contributed by atoms with E-state index in [1.54, 1.807) is 22.8 Å². The minimum Gasteiger partial charge on any atom is -0.282 e. The van der Waals surface area contributed by atoms with Gasteiger partial charge in [-0.15, -0.1) is 16.4 Å². The van der Waals surface area contributed by atoms with E-state index in [1.807, 2.05) is 50.2 Å². The van der Waals surface area contributed by atoms with Crippen LogP contribution < -0.4 is 11.1 Å². The zero-order valence-corrected chi connectivity index (χ0v) is 19.1. The summed E-state index contributed by atoms with van der Waals surface area (Å²) in [5, 5.41) is 9.92. The zero-order valence-electron chi connectivity index (χ0n) is 17.5. The lowest BCUT2D eigenvalue weighted by molar-refractivity contribution is 0.630. The van der Waals surface area contributed by atoms with Crippen molar-refractivity contribution in [2.24, 2.45) is 0 Å². The molecule has 0 radical (unpaired) electrons. The van der Waals surface area contributed by atoms with Crippen molar-refractivity contribution in [3.8, 4) is 0 Å². The molecule has 0 amide bonds. The Morgan fingerprint density at radius 1 is 0.969 bits per heavy atom. The number of thiophene rings is 1. The molecule has 3 heterocycles. The fraction of sp³-hybridized carbons (Fsp3) is 0.174. The fourth-order valence-corrected chi connectivity index (χ4v) is 5.49. The van der Waals surface area contributed by atoms with Crippen molar-refractivity contribution in [2.75, 3.05) is 0 Å². The van der Waals surface area contributed by atoms with Crippen LogP contribution in [0.25, 0.3) is 21.1 Å². The van der Waals surface area contributed by atoms with Crippen LogP contribution in [0.5, 0.6) is 0 Å². The molecule has 5 aromatic rings. The summed E-state index contributed by atoms with van der Waals surface area (Å²) in [6.45, 7) is 4.36. The van der Waals surface area contributed by atoms with Crippen molar-refractivity contribution in [3.63, 3.8) is 0 Å². The number of hydrogen-bond donors (Lipinski definition) is 0. The highest BCUT2D eigenvalue weighted by Crippen LogP contribution is 2.29. The number of rotatable bonds is 5. The molecule has 0 saturated heterocycles. The molecule has 2 aromatic carbocycles. The summed E-state index contributed by atoms with van der Waals surface area (Å²) in [5.41, 5.74) is 2.25. The second kappa shape index (κ2) is 8.33. The highest BCUT2D eigenvalue weighted by molar-refractivity contribution is 7.98. The van der Waals surface area contributed by atoms with E-state index in [0.717, 1.165) is 16.0 Å². The first-order valence-corrected chi connectivity index (χ1v) is 11.8. The van der Waals surface area contributed by atoms with Crippen LogP contribution in [0.15, 0.2) is 69.3 Å². The Kier molecular flexibility index (Phi) is 5.36. The average Bonchev–Trinajstić information content (AvgIpc) is 3.10. The number of hydrogen-bond acceptors (Lipinski definition) is 7. The van der Waals surface area contributed by atoms with E-state index < -0.39 is 0 Å². The summed E-state index contributed by atoms with van der Waals surface area (Å²) >= 11 is 2.82. The van der Waals surface area contributed by atoms with Crippen molar-refractivity contribution in [2.45, 2.75) is 31.4 Å². The van der Waals surface area contributed by atoms with E-state index >= 15 is 0 Å². The van der Waals surface area contributed by atoms with Gasteiger partial charge in [0.2, 0.25) is 0 Å². The normalized spacial score (nSPS) is 11.4. The lowest BCUT2D eigenvalue weighted by Gasteiger charge is -2.13. The third-order valence-corrected chi connectivity index (χ3v) is 7.43. The van der Waals surface area contributed by atoms with Gasteiger partial charge in [-0.1, -0.05) is 59.4 Å². The van der Waals surface area contributed by atoms with E-state index in [4.69, 9.17) is 4.98 Å². The number of aryl methyl sites for hydroxylation is 2. The molecular weight excluding hydrogens is 442 g/mol. The Labute approximate surface area is 191 Å². The molecule has 3 aromatic heterocycles. The number of thioether (sulfide) groups is 1. The largest absolute Gasteiger partial charge is 0.282 e. The Morgan fingerprint density at radius 2 is 1.72 bits per heavy atom. The number of nitrogens with zero attached hydrogens (tertiary/aromatic N) is 5. The molecule has 0 spiro atoms. The minimum absolute atomic E-state index is 0.0693. The SMILES string of the molecule is Cc1sc2nc(SCn3nnc4ccccc4c3=O)n(Cc3ccccc3)c(=O)c2c1C. The lowest BCUT2D eigenvalue weighted by Crippen LogP contribution is -2.26. The summed E-state index contributed by atoms with van der Waals surface area (Å²) in [6.07, 6.45) is 0. The third kappa shape index (κ3) is 3.63. The first kappa shape index (κ1) is 20.6. The van der Waals surface area contributed by atoms with E-state index in [0.29, 0.717) is 32.8 Å². The third-order valence-electron chi connectivity index (χ3n) is 5.38. The van der Waals surface area contributed by atoms with Crippen LogP contribution in [0.4, 0.5) is 0 Å².